The van der Waals surface area contributed by atoms with Crippen molar-refractivity contribution in [3.05, 3.63) is 35.4 Å². The number of nitrogens with zero attached hydrogens (tertiary/aromatic N) is 1. The number of ether oxygens (including phenoxy) is 1. The van der Waals surface area contributed by atoms with E-state index in [4.69, 9.17) is 5.73 Å². The molecule has 8 nitrogen and oxygen atoms in total. The second-order valence-corrected chi connectivity index (χ2v) is 10.1. The highest BCUT2D eigenvalue weighted by molar-refractivity contribution is 5.98. The maximum Gasteiger partial charge on any atom is 0.522 e. The van der Waals surface area contributed by atoms with E-state index >= 15 is 0 Å². The number of hydrogen-bond acceptors (Lipinski definition) is 5. The number of carbonyl (C=O) groups excluding carboxylic acids is 4. The topological polar surface area (TPSA) is 119 Å². The molecule has 4 rings (SSSR count). The number of alkyl halides is 6. The summed E-state index contributed by atoms with van der Waals surface area (Å²) in [6.07, 6.45) is -9.11. The molecule has 3 amide bonds. The van der Waals surface area contributed by atoms with Crippen LogP contribution >= 0.6 is 0 Å². The molecule has 1 spiro atoms. The number of nitrogens with two attached hydrogens (primary N) is 1. The average molecular weight is 549 g/mol. The first-order valence-electron chi connectivity index (χ1n) is 11.9. The molecule has 1 aromatic carbocycles. The number of Topliss-reactive ketones (excluding diaryl/α,β-unsaturated/α-hetero) is 1. The number of rotatable bonds is 8. The Labute approximate surface area is 212 Å². The molecule has 2 aliphatic heterocycles. The molecule has 3 unspecified atom stereocenters. The highest BCUT2D eigenvalue weighted by Gasteiger charge is 2.65. The lowest BCUT2D eigenvalue weighted by atomic mass is 9.83. The van der Waals surface area contributed by atoms with E-state index in [9.17, 15) is 45.5 Å². The molecule has 0 radical (unpaired) electrons. The molecule has 1 aliphatic carbocycles. The number of carbonyl (C=O) groups is 4. The van der Waals surface area contributed by atoms with E-state index in [0.29, 0.717) is 19.0 Å². The lowest BCUT2D eigenvalue weighted by molar-refractivity contribution is -0.321. The van der Waals surface area contributed by atoms with Gasteiger partial charge in [0, 0.05) is 30.5 Å². The second kappa shape index (κ2) is 9.86. The van der Waals surface area contributed by atoms with Crippen molar-refractivity contribution in [1.82, 2.24) is 10.2 Å². The summed E-state index contributed by atoms with van der Waals surface area (Å²) in [7, 11) is 0. The van der Waals surface area contributed by atoms with E-state index < -0.39 is 71.5 Å². The molecule has 208 valence electrons. The Morgan fingerprint density at radius 1 is 1.16 bits per heavy atom. The highest BCUT2D eigenvalue weighted by atomic mass is 19.4. The quantitative estimate of drug-likeness (QED) is 0.484. The maximum atomic E-state index is 13.2. The number of ketones is 1. The Kier molecular flexibility index (Phi) is 7.23. The van der Waals surface area contributed by atoms with Gasteiger partial charge in [0.1, 0.15) is 12.6 Å². The average Bonchev–Trinajstić information content (AvgIpc) is 3.14. The van der Waals surface area contributed by atoms with Crippen molar-refractivity contribution in [3.8, 4) is 0 Å². The molecule has 38 heavy (non-hydrogen) atoms. The SMILES string of the molecule is NC(=O)C1CC2(CC2[C@H](C[C@H]2CCNC2=O)C(=O)COC(F)(F)F)CN1C(=O)c1cccc(C(F)(F)F)c1. The molecule has 3 fully saturated rings. The molecule has 5 atom stereocenters. The summed E-state index contributed by atoms with van der Waals surface area (Å²) < 4.78 is 81.0. The van der Waals surface area contributed by atoms with Gasteiger partial charge < -0.3 is 16.0 Å². The summed E-state index contributed by atoms with van der Waals surface area (Å²) in [6, 6.07) is 2.51. The summed E-state index contributed by atoms with van der Waals surface area (Å²) in [5.74, 6) is -5.11. The minimum atomic E-state index is -5.04. The van der Waals surface area contributed by atoms with Gasteiger partial charge in [0.2, 0.25) is 11.8 Å². The number of amides is 3. The fraction of sp³-hybridized carbons (Fsp3) is 0.583. The smallest absolute Gasteiger partial charge is 0.368 e. The second-order valence-electron chi connectivity index (χ2n) is 10.1. The number of nitrogens with one attached hydrogen (secondary N) is 1. The van der Waals surface area contributed by atoms with E-state index in [2.05, 4.69) is 10.1 Å². The van der Waals surface area contributed by atoms with Crippen molar-refractivity contribution in [1.29, 1.82) is 0 Å². The highest BCUT2D eigenvalue weighted by Crippen LogP contribution is 2.64. The number of likely N-dealkylation sites (tertiary alicyclic amines) is 1. The molecular formula is C24H25F6N3O5. The first-order valence-corrected chi connectivity index (χ1v) is 11.9. The van der Waals surface area contributed by atoms with Gasteiger partial charge >= 0.3 is 12.5 Å². The van der Waals surface area contributed by atoms with Gasteiger partial charge in [-0.1, -0.05) is 6.07 Å². The molecular weight excluding hydrogens is 524 g/mol. The Morgan fingerprint density at radius 3 is 2.45 bits per heavy atom. The van der Waals surface area contributed by atoms with Crippen LogP contribution in [-0.4, -0.2) is 60.5 Å². The zero-order valence-corrected chi connectivity index (χ0v) is 19.9. The van der Waals surface area contributed by atoms with Gasteiger partial charge in [-0.3, -0.25) is 23.9 Å². The molecule has 0 aromatic heterocycles. The van der Waals surface area contributed by atoms with Crippen molar-refractivity contribution in [2.45, 2.75) is 44.3 Å². The zero-order valence-electron chi connectivity index (χ0n) is 19.9. The molecule has 3 aliphatic rings. The third kappa shape index (κ3) is 5.79. The van der Waals surface area contributed by atoms with Crippen molar-refractivity contribution < 1.29 is 50.3 Å². The monoisotopic (exact) mass is 549 g/mol. The Morgan fingerprint density at radius 2 is 1.87 bits per heavy atom. The van der Waals surface area contributed by atoms with E-state index in [1.807, 2.05) is 0 Å². The van der Waals surface area contributed by atoms with Gasteiger partial charge in [-0.05, 0) is 55.2 Å². The van der Waals surface area contributed by atoms with Crippen molar-refractivity contribution in [3.63, 3.8) is 0 Å². The van der Waals surface area contributed by atoms with Crippen LogP contribution in [0.2, 0.25) is 0 Å². The van der Waals surface area contributed by atoms with Crippen molar-refractivity contribution >= 4 is 23.5 Å². The summed E-state index contributed by atoms with van der Waals surface area (Å²) in [5, 5.41) is 2.61. The Hall–Kier alpha value is -3.16. The minimum absolute atomic E-state index is 0.00152. The number of hydrogen-bond donors (Lipinski definition) is 2. The van der Waals surface area contributed by atoms with Crippen LogP contribution in [0.3, 0.4) is 0 Å². The third-order valence-electron chi connectivity index (χ3n) is 7.72. The Bertz CT molecular complexity index is 1140. The maximum absolute atomic E-state index is 13.2. The number of benzene rings is 1. The summed E-state index contributed by atoms with van der Waals surface area (Å²) in [6.45, 7) is -1.01. The molecule has 0 bridgehead atoms. The standard InChI is InChI=1S/C24H25F6N3O5/c25-23(26,27)14-3-1-2-13(6-14)21(37)33-11-22(9-17(33)19(31)35)8-16(22)15(7-12-4-5-32-20(12)36)18(34)10-38-24(28,29)30/h1-3,6,12,15-17H,4-5,7-11H2,(H2,31,35)(H,32,36)/t12-,15+,16?,17?,22?/m1/s1. The molecule has 2 saturated heterocycles. The normalized spacial score (nSPS) is 27.9. The summed E-state index contributed by atoms with van der Waals surface area (Å²) in [4.78, 5) is 51.4. The van der Waals surface area contributed by atoms with Crippen LogP contribution in [0.25, 0.3) is 0 Å². The first-order chi connectivity index (χ1) is 17.6. The van der Waals surface area contributed by atoms with Gasteiger partial charge in [-0.2, -0.15) is 13.2 Å². The van der Waals surface area contributed by atoms with Gasteiger partial charge in [0.05, 0.1) is 5.56 Å². The van der Waals surface area contributed by atoms with E-state index in [-0.39, 0.29) is 37.3 Å². The molecule has 3 N–H and O–H groups in total. The molecule has 1 saturated carbocycles. The van der Waals surface area contributed by atoms with E-state index in [1.165, 1.54) is 6.07 Å². The predicted octanol–water partition coefficient (Wildman–Crippen LogP) is 2.66. The fourth-order valence-electron chi connectivity index (χ4n) is 5.79. The van der Waals surface area contributed by atoms with Crippen molar-refractivity contribution in [2.24, 2.45) is 28.9 Å². The van der Waals surface area contributed by atoms with Crippen LogP contribution < -0.4 is 11.1 Å². The van der Waals surface area contributed by atoms with E-state index in [1.54, 1.807) is 0 Å². The van der Waals surface area contributed by atoms with Crippen LogP contribution in [0.4, 0.5) is 26.3 Å². The fourth-order valence-corrected chi connectivity index (χ4v) is 5.79. The Balaban J connectivity index is 1.56. The van der Waals surface area contributed by atoms with Crippen LogP contribution in [0, 0.1) is 23.2 Å². The van der Waals surface area contributed by atoms with Crippen LogP contribution in [0.15, 0.2) is 24.3 Å². The molecule has 1 aromatic rings. The summed E-state index contributed by atoms with van der Waals surface area (Å²) in [5.41, 5.74) is 3.28. The van der Waals surface area contributed by atoms with Crippen LogP contribution in [0.5, 0.6) is 0 Å². The third-order valence-corrected chi connectivity index (χ3v) is 7.72. The molecule has 14 heteroatoms. The zero-order chi connectivity index (χ0) is 28.0. The van der Waals surface area contributed by atoms with Crippen LogP contribution in [-0.2, 0) is 25.3 Å². The lowest BCUT2D eigenvalue weighted by Crippen LogP contribution is -2.43. The first kappa shape index (κ1) is 27.9. The lowest BCUT2D eigenvalue weighted by Gasteiger charge is -2.23. The molecule has 2 heterocycles. The predicted molar refractivity (Wildman–Crippen MR) is 117 cm³/mol. The number of halogens is 6. The van der Waals surface area contributed by atoms with Gasteiger partial charge in [-0.15, -0.1) is 13.2 Å². The summed E-state index contributed by atoms with van der Waals surface area (Å²) >= 11 is 0. The van der Waals surface area contributed by atoms with Gasteiger partial charge in [-0.25, -0.2) is 0 Å². The van der Waals surface area contributed by atoms with Crippen LogP contribution in [0.1, 0.15) is 41.6 Å². The van der Waals surface area contributed by atoms with Gasteiger partial charge in [0.15, 0.2) is 5.78 Å². The van der Waals surface area contributed by atoms with Gasteiger partial charge in [0.25, 0.3) is 5.91 Å². The van der Waals surface area contributed by atoms with Crippen molar-refractivity contribution in [2.75, 3.05) is 19.7 Å². The van der Waals surface area contributed by atoms with E-state index in [0.717, 1.165) is 17.0 Å². The largest absolute Gasteiger partial charge is 0.522 e. The minimum Gasteiger partial charge on any atom is -0.368 e. The number of primary amides is 1.